The van der Waals surface area contributed by atoms with E-state index in [1.807, 2.05) is 6.20 Å². The van der Waals surface area contributed by atoms with Crippen LogP contribution in [-0.2, 0) is 13.0 Å². The Kier molecular flexibility index (Phi) is 5.37. The lowest BCUT2D eigenvalue weighted by molar-refractivity contribution is 0.507. The van der Waals surface area contributed by atoms with Crippen LogP contribution >= 0.6 is 23.2 Å². The summed E-state index contributed by atoms with van der Waals surface area (Å²) in [6, 6.07) is 1.45. The fraction of sp³-hybridized carbons (Fsp3) is 0.385. The molecule has 0 aliphatic carbocycles. The number of imidazole rings is 1. The number of rotatable bonds is 6. The number of aromatic nitrogens is 3. The molecule has 0 fully saturated rings. The van der Waals surface area contributed by atoms with Gasteiger partial charge in [0.15, 0.2) is 0 Å². The first-order valence-corrected chi connectivity index (χ1v) is 7.18. The van der Waals surface area contributed by atoms with Gasteiger partial charge in [-0.05, 0) is 12.5 Å². The van der Waals surface area contributed by atoms with Crippen molar-refractivity contribution < 1.29 is 0 Å². The number of aryl methyl sites for hydroxylation is 1. The highest BCUT2D eigenvalue weighted by atomic mass is 35.5. The van der Waals surface area contributed by atoms with E-state index in [0.717, 1.165) is 18.8 Å². The molecule has 2 aromatic heterocycles. The summed E-state index contributed by atoms with van der Waals surface area (Å²) in [6.07, 6.45) is 6.96. The van der Waals surface area contributed by atoms with Gasteiger partial charge in [0.25, 0.3) is 0 Å². The van der Waals surface area contributed by atoms with Crippen molar-refractivity contribution in [1.82, 2.24) is 20.0 Å². The predicted molar refractivity (Wildman–Crippen MR) is 80.5 cm³/mol. The first-order chi connectivity index (χ1) is 9.65. The van der Waals surface area contributed by atoms with Crippen LogP contribution in [0, 0.1) is 0 Å². The topological polar surface area (TPSA) is 68.8 Å². The minimum atomic E-state index is -0.210. The van der Waals surface area contributed by atoms with Crippen molar-refractivity contribution in [2.24, 2.45) is 5.84 Å². The summed E-state index contributed by atoms with van der Waals surface area (Å²) in [4.78, 5) is 8.63. The summed E-state index contributed by atoms with van der Waals surface area (Å²) in [7, 11) is 0. The summed E-state index contributed by atoms with van der Waals surface area (Å²) in [5, 5.41) is 0.996. The smallest absolute Gasteiger partial charge is 0.110 e. The molecule has 0 saturated carbocycles. The molecule has 0 aliphatic rings. The van der Waals surface area contributed by atoms with Crippen LogP contribution in [-0.4, -0.2) is 14.5 Å². The second-order valence-corrected chi connectivity index (χ2v) is 5.32. The van der Waals surface area contributed by atoms with Gasteiger partial charge in [-0.1, -0.05) is 30.1 Å². The number of nitrogens with one attached hydrogen (secondary N) is 1. The van der Waals surface area contributed by atoms with Gasteiger partial charge in [-0.3, -0.25) is 16.3 Å². The largest absolute Gasteiger partial charge is 0.335 e. The molecule has 0 aliphatic heterocycles. The van der Waals surface area contributed by atoms with Crippen molar-refractivity contribution in [1.29, 1.82) is 0 Å². The summed E-state index contributed by atoms with van der Waals surface area (Å²) in [6.45, 7) is 3.05. The minimum Gasteiger partial charge on any atom is -0.335 e. The molecule has 2 aromatic rings. The van der Waals surface area contributed by atoms with Crippen LogP contribution in [0.2, 0.25) is 10.0 Å². The molecule has 0 aromatic carbocycles. The zero-order chi connectivity index (χ0) is 14.5. The van der Waals surface area contributed by atoms with E-state index in [4.69, 9.17) is 29.0 Å². The molecular weight excluding hydrogens is 297 g/mol. The molecule has 2 heterocycles. The zero-order valence-corrected chi connectivity index (χ0v) is 12.7. The molecule has 0 saturated heterocycles. The number of nitrogens with two attached hydrogens (primary N) is 1. The van der Waals surface area contributed by atoms with Crippen molar-refractivity contribution >= 4 is 23.2 Å². The highest BCUT2D eigenvalue weighted by Gasteiger charge is 2.18. The van der Waals surface area contributed by atoms with Gasteiger partial charge in [0.05, 0.1) is 21.8 Å². The minimum absolute atomic E-state index is 0.210. The van der Waals surface area contributed by atoms with Crippen LogP contribution in [0.1, 0.15) is 30.9 Å². The Morgan fingerprint density at radius 1 is 1.40 bits per heavy atom. The number of hydrogen-bond donors (Lipinski definition) is 2. The summed E-state index contributed by atoms with van der Waals surface area (Å²) >= 11 is 12.0. The fourth-order valence-electron chi connectivity index (χ4n) is 2.07. The quantitative estimate of drug-likeness (QED) is 0.635. The molecule has 1 unspecified atom stereocenters. The number of halogens is 2. The van der Waals surface area contributed by atoms with Crippen molar-refractivity contribution in [3.63, 3.8) is 0 Å². The molecule has 0 bridgehead atoms. The van der Waals surface area contributed by atoms with Crippen LogP contribution in [0.3, 0.4) is 0 Å². The molecular formula is C13H17Cl2N5. The van der Waals surface area contributed by atoms with Crippen LogP contribution in [0.15, 0.2) is 24.7 Å². The lowest BCUT2D eigenvalue weighted by atomic mass is 10.1. The van der Waals surface area contributed by atoms with E-state index in [2.05, 4.69) is 26.9 Å². The van der Waals surface area contributed by atoms with Gasteiger partial charge >= 0.3 is 0 Å². The molecule has 20 heavy (non-hydrogen) atoms. The van der Waals surface area contributed by atoms with Crippen molar-refractivity contribution in [3.05, 3.63) is 46.2 Å². The van der Waals surface area contributed by atoms with Gasteiger partial charge in [0.1, 0.15) is 5.82 Å². The monoisotopic (exact) mass is 313 g/mol. The van der Waals surface area contributed by atoms with Gasteiger partial charge in [-0.15, -0.1) is 0 Å². The Morgan fingerprint density at radius 2 is 2.20 bits per heavy atom. The SMILES string of the molecule is CCCn1ccnc1CC(NN)c1ncc(Cl)cc1Cl. The second-order valence-electron chi connectivity index (χ2n) is 4.48. The van der Waals surface area contributed by atoms with Crippen LogP contribution < -0.4 is 11.3 Å². The van der Waals surface area contributed by atoms with Gasteiger partial charge in [-0.25, -0.2) is 4.98 Å². The Morgan fingerprint density at radius 3 is 2.85 bits per heavy atom. The van der Waals surface area contributed by atoms with Crippen LogP contribution in [0.5, 0.6) is 0 Å². The Bertz CT molecular complexity index is 570. The van der Waals surface area contributed by atoms with E-state index in [9.17, 15) is 0 Å². The predicted octanol–water partition coefficient (Wildman–Crippen LogP) is 2.74. The first kappa shape index (κ1) is 15.3. The van der Waals surface area contributed by atoms with Crippen LogP contribution in [0.25, 0.3) is 0 Å². The lowest BCUT2D eigenvalue weighted by Crippen LogP contribution is -2.31. The third-order valence-electron chi connectivity index (χ3n) is 3.02. The van der Waals surface area contributed by atoms with Crippen molar-refractivity contribution in [2.45, 2.75) is 32.4 Å². The first-order valence-electron chi connectivity index (χ1n) is 6.42. The highest BCUT2D eigenvalue weighted by Crippen LogP contribution is 2.25. The molecule has 1 atom stereocenters. The maximum Gasteiger partial charge on any atom is 0.110 e. The average molecular weight is 314 g/mol. The average Bonchev–Trinajstić information content (AvgIpc) is 2.84. The molecule has 108 valence electrons. The van der Waals surface area contributed by atoms with Crippen molar-refractivity contribution in [2.75, 3.05) is 0 Å². The third kappa shape index (κ3) is 3.49. The molecule has 5 nitrogen and oxygen atoms in total. The fourth-order valence-corrected chi connectivity index (χ4v) is 2.58. The number of hydrazine groups is 1. The molecule has 3 N–H and O–H groups in total. The van der Waals surface area contributed by atoms with E-state index in [1.165, 1.54) is 0 Å². The Labute approximate surface area is 128 Å². The maximum absolute atomic E-state index is 6.17. The second kappa shape index (κ2) is 7.04. The van der Waals surface area contributed by atoms with E-state index in [-0.39, 0.29) is 6.04 Å². The van der Waals surface area contributed by atoms with Gasteiger partial charge in [-0.2, -0.15) is 0 Å². The van der Waals surface area contributed by atoms with E-state index >= 15 is 0 Å². The van der Waals surface area contributed by atoms with Gasteiger partial charge in [0, 0.05) is 31.6 Å². The molecule has 0 radical (unpaired) electrons. The number of nitrogens with zero attached hydrogens (tertiary/aromatic N) is 3. The normalized spacial score (nSPS) is 12.6. The Hall–Kier alpha value is -1.14. The maximum atomic E-state index is 6.17. The summed E-state index contributed by atoms with van der Waals surface area (Å²) < 4.78 is 2.11. The third-order valence-corrected chi connectivity index (χ3v) is 3.53. The Balaban J connectivity index is 2.22. The van der Waals surface area contributed by atoms with Crippen molar-refractivity contribution in [3.8, 4) is 0 Å². The van der Waals surface area contributed by atoms with E-state index in [1.54, 1.807) is 18.5 Å². The molecule has 0 spiro atoms. The van der Waals surface area contributed by atoms with Crippen LogP contribution in [0.4, 0.5) is 0 Å². The standard InChI is InChI=1S/C13H17Cl2N5/c1-2-4-20-5-3-17-12(20)7-11(19-16)13-10(15)6-9(14)8-18-13/h3,5-6,8,11,19H,2,4,7,16H2,1H3. The van der Waals surface area contributed by atoms with Gasteiger partial charge < -0.3 is 4.57 Å². The zero-order valence-electron chi connectivity index (χ0n) is 11.2. The lowest BCUT2D eigenvalue weighted by Gasteiger charge is -2.17. The molecule has 0 amide bonds. The summed E-state index contributed by atoms with van der Waals surface area (Å²) in [5.41, 5.74) is 3.41. The van der Waals surface area contributed by atoms with E-state index < -0.39 is 0 Å². The van der Waals surface area contributed by atoms with Gasteiger partial charge in [0.2, 0.25) is 0 Å². The number of hydrogen-bond acceptors (Lipinski definition) is 4. The molecule has 7 heteroatoms. The summed E-state index contributed by atoms with van der Waals surface area (Å²) in [5.74, 6) is 6.58. The highest BCUT2D eigenvalue weighted by molar-refractivity contribution is 6.34. The number of pyridine rings is 1. The van der Waals surface area contributed by atoms with E-state index in [0.29, 0.717) is 22.2 Å². The molecule has 2 rings (SSSR count).